The van der Waals surface area contributed by atoms with E-state index in [0.29, 0.717) is 5.56 Å². The normalized spacial score (nSPS) is 12.2. The topological polar surface area (TPSA) is 49.3 Å². The molecule has 0 spiro atoms. The summed E-state index contributed by atoms with van der Waals surface area (Å²) in [6.07, 6.45) is -4.02. The van der Waals surface area contributed by atoms with E-state index in [1.165, 1.54) is 0 Å². The van der Waals surface area contributed by atoms with Crippen molar-refractivity contribution in [3.05, 3.63) is 35.4 Å². The Hall–Kier alpha value is -1.70. The Morgan fingerprint density at radius 2 is 1.60 bits per heavy atom. The minimum atomic E-state index is -5.57. The summed E-state index contributed by atoms with van der Waals surface area (Å²) >= 11 is 0. The second-order valence-electron chi connectivity index (χ2n) is 5.79. The van der Waals surface area contributed by atoms with Crippen LogP contribution in [0.5, 0.6) is 0 Å². The largest absolute Gasteiger partial charge is 0.453 e. The van der Waals surface area contributed by atoms with Crippen LogP contribution in [0.25, 0.3) is 0 Å². The lowest BCUT2D eigenvalue weighted by atomic mass is 10.0. The molecule has 0 aliphatic rings. The fraction of sp³-hybridized carbons (Fsp3) is 0.588. The fourth-order valence-electron chi connectivity index (χ4n) is 2.20. The number of carbonyl (C=O) groups excluding carboxylic acids is 1. The van der Waals surface area contributed by atoms with Gasteiger partial charge in [0.05, 0.1) is 0 Å². The van der Waals surface area contributed by atoms with Crippen molar-refractivity contribution in [3.63, 3.8) is 0 Å². The third-order valence-electron chi connectivity index (χ3n) is 3.71. The molecule has 1 aromatic rings. The van der Waals surface area contributed by atoms with Gasteiger partial charge in [-0.1, -0.05) is 18.6 Å². The van der Waals surface area contributed by atoms with Gasteiger partial charge in [0.25, 0.3) is 5.91 Å². The third kappa shape index (κ3) is 7.37. The standard InChI is InChI=1S/C17H22F5NO2/c18-16(19,17(20,21)22)10-4-11-23-15(25)14-8-6-13(7-9-14)5-2-1-3-12-24/h6-9,24H,1-5,10-12H2,(H,23,25). The van der Waals surface area contributed by atoms with Gasteiger partial charge in [0.1, 0.15) is 0 Å². The number of amides is 1. The number of alkyl halides is 5. The number of carbonyl (C=O) groups is 1. The first kappa shape index (κ1) is 21.3. The van der Waals surface area contributed by atoms with Crippen LogP contribution in [0.1, 0.15) is 48.0 Å². The molecule has 142 valence electrons. The number of hydrogen-bond donors (Lipinski definition) is 2. The molecule has 3 nitrogen and oxygen atoms in total. The van der Waals surface area contributed by atoms with Crippen LogP contribution in [0.15, 0.2) is 24.3 Å². The van der Waals surface area contributed by atoms with Crippen molar-refractivity contribution in [2.24, 2.45) is 0 Å². The summed E-state index contributed by atoms with van der Waals surface area (Å²) in [6.45, 7) is -0.0958. The van der Waals surface area contributed by atoms with E-state index in [4.69, 9.17) is 5.11 Å². The summed E-state index contributed by atoms with van der Waals surface area (Å²) in [5, 5.41) is 11.0. The molecule has 1 amide bonds. The fourth-order valence-corrected chi connectivity index (χ4v) is 2.20. The van der Waals surface area contributed by atoms with Gasteiger partial charge in [0, 0.05) is 25.1 Å². The Bertz CT molecular complexity index is 529. The van der Waals surface area contributed by atoms with Crippen LogP contribution >= 0.6 is 0 Å². The molecule has 0 bridgehead atoms. The molecule has 0 fully saturated rings. The SMILES string of the molecule is O=C(NCCCC(F)(F)C(F)(F)F)c1ccc(CCCCCO)cc1. The summed E-state index contributed by atoms with van der Waals surface area (Å²) in [6, 6.07) is 6.71. The van der Waals surface area contributed by atoms with Gasteiger partial charge in [-0.25, -0.2) is 0 Å². The van der Waals surface area contributed by atoms with Gasteiger partial charge >= 0.3 is 12.1 Å². The van der Waals surface area contributed by atoms with Crippen LogP contribution in [-0.4, -0.2) is 36.3 Å². The highest BCUT2D eigenvalue weighted by Gasteiger charge is 2.56. The van der Waals surface area contributed by atoms with Gasteiger partial charge in [0.15, 0.2) is 0 Å². The average molecular weight is 367 g/mol. The van der Waals surface area contributed by atoms with E-state index < -0.39 is 30.8 Å². The van der Waals surface area contributed by atoms with E-state index in [-0.39, 0.29) is 13.2 Å². The zero-order valence-corrected chi connectivity index (χ0v) is 13.7. The molecule has 0 radical (unpaired) electrons. The first-order chi connectivity index (χ1) is 11.7. The number of aliphatic hydroxyl groups excluding tert-OH is 1. The second-order valence-corrected chi connectivity index (χ2v) is 5.79. The minimum Gasteiger partial charge on any atom is -0.396 e. The van der Waals surface area contributed by atoms with E-state index in [2.05, 4.69) is 5.32 Å². The highest BCUT2D eigenvalue weighted by molar-refractivity contribution is 5.94. The summed E-state index contributed by atoms with van der Waals surface area (Å²) in [5.41, 5.74) is 1.35. The molecule has 0 aromatic heterocycles. The molecule has 25 heavy (non-hydrogen) atoms. The smallest absolute Gasteiger partial charge is 0.396 e. The minimum absolute atomic E-state index is 0.161. The lowest BCUT2D eigenvalue weighted by Crippen LogP contribution is -2.37. The molecule has 0 saturated heterocycles. The number of aryl methyl sites for hydroxylation is 1. The predicted octanol–water partition coefficient (Wildman–Crippen LogP) is 4.10. The monoisotopic (exact) mass is 367 g/mol. The van der Waals surface area contributed by atoms with Crippen LogP contribution in [-0.2, 0) is 6.42 Å². The molecule has 0 saturated carbocycles. The van der Waals surface area contributed by atoms with Gasteiger partial charge < -0.3 is 10.4 Å². The number of halogens is 5. The molecule has 0 aliphatic carbocycles. The zero-order valence-electron chi connectivity index (χ0n) is 13.7. The highest BCUT2D eigenvalue weighted by atomic mass is 19.4. The van der Waals surface area contributed by atoms with Gasteiger partial charge in [-0.15, -0.1) is 0 Å². The number of benzene rings is 1. The molecular formula is C17H22F5NO2. The number of hydrogen-bond acceptors (Lipinski definition) is 2. The van der Waals surface area contributed by atoms with Crippen molar-refractivity contribution < 1.29 is 31.9 Å². The Balaban J connectivity index is 2.35. The first-order valence-corrected chi connectivity index (χ1v) is 8.10. The van der Waals surface area contributed by atoms with Crippen molar-refractivity contribution in [1.29, 1.82) is 0 Å². The van der Waals surface area contributed by atoms with Crippen LogP contribution in [0.3, 0.4) is 0 Å². The lowest BCUT2D eigenvalue weighted by molar-refractivity contribution is -0.284. The van der Waals surface area contributed by atoms with Crippen molar-refractivity contribution in [1.82, 2.24) is 5.32 Å². The maximum absolute atomic E-state index is 12.7. The molecule has 0 aliphatic heterocycles. The molecule has 0 unspecified atom stereocenters. The molecule has 0 heterocycles. The van der Waals surface area contributed by atoms with Gasteiger partial charge in [-0.05, 0) is 43.4 Å². The van der Waals surface area contributed by atoms with E-state index >= 15 is 0 Å². The molecule has 8 heteroatoms. The third-order valence-corrected chi connectivity index (χ3v) is 3.71. The van der Waals surface area contributed by atoms with Gasteiger partial charge in [-0.2, -0.15) is 22.0 Å². The molecule has 2 N–H and O–H groups in total. The lowest BCUT2D eigenvalue weighted by Gasteiger charge is -2.19. The van der Waals surface area contributed by atoms with Crippen LogP contribution < -0.4 is 5.32 Å². The van der Waals surface area contributed by atoms with E-state index in [0.717, 1.165) is 31.2 Å². The maximum Gasteiger partial charge on any atom is 0.453 e. The predicted molar refractivity (Wildman–Crippen MR) is 83.7 cm³/mol. The number of nitrogens with one attached hydrogen (secondary N) is 1. The number of rotatable bonds is 10. The Morgan fingerprint density at radius 3 is 2.16 bits per heavy atom. The number of unbranched alkanes of at least 4 members (excludes halogenated alkanes) is 2. The molecular weight excluding hydrogens is 345 g/mol. The van der Waals surface area contributed by atoms with Gasteiger partial charge in [-0.3, -0.25) is 4.79 Å². The van der Waals surface area contributed by atoms with Crippen molar-refractivity contribution in [2.45, 2.75) is 50.6 Å². The summed E-state index contributed by atoms with van der Waals surface area (Å²) in [4.78, 5) is 11.8. The van der Waals surface area contributed by atoms with E-state index in [1.54, 1.807) is 24.3 Å². The van der Waals surface area contributed by atoms with Crippen LogP contribution in [0.2, 0.25) is 0 Å². The Morgan fingerprint density at radius 1 is 0.960 bits per heavy atom. The Kier molecular flexibility index (Phi) is 8.28. The number of aliphatic hydroxyl groups is 1. The van der Waals surface area contributed by atoms with Crippen molar-refractivity contribution in [2.75, 3.05) is 13.2 Å². The van der Waals surface area contributed by atoms with E-state index in [9.17, 15) is 26.7 Å². The van der Waals surface area contributed by atoms with Gasteiger partial charge in [0.2, 0.25) is 0 Å². The summed E-state index contributed by atoms with van der Waals surface area (Å²) < 4.78 is 61.5. The summed E-state index contributed by atoms with van der Waals surface area (Å²) in [5.74, 6) is -5.25. The molecule has 0 atom stereocenters. The van der Waals surface area contributed by atoms with Crippen LogP contribution in [0, 0.1) is 0 Å². The first-order valence-electron chi connectivity index (χ1n) is 8.10. The molecule has 1 rings (SSSR count). The average Bonchev–Trinajstić information content (AvgIpc) is 2.55. The maximum atomic E-state index is 12.7. The van der Waals surface area contributed by atoms with Crippen molar-refractivity contribution in [3.8, 4) is 0 Å². The second kappa shape index (κ2) is 9.70. The van der Waals surface area contributed by atoms with Crippen molar-refractivity contribution >= 4 is 5.91 Å². The Labute approximate surface area is 143 Å². The highest BCUT2D eigenvalue weighted by Crippen LogP contribution is 2.38. The quantitative estimate of drug-likeness (QED) is 0.483. The summed E-state index contributed by atoms with van der Waals surface area (Å²) in [7, 11) is 0. The van der Waals surface area contributed by atoms with E-state index in [1.807, 2.05) is 0 Å². The molecule has 1 aromatic carbocycles. The zero-order chi connectivity index (χ0) is 18.9. The van der Waals surface area contributed by atoms with Crippen LogP contribution in [0.4, 0.5) is 22.0 Å².